The zero-order valence-electron chi connectivity index (χ0n) is 18.9. The Morgan fingerprint density at radius 2 is 1.49 bits per heavy atom. The van der Waals surface area contributed by atoms with Gasteiger partial charge in [0.1, 0.15) is 0 Å². The second-order valence-corrected chi connectivity index (χ2v) is 7.96. The summed E-state index contributed by atoms with van der Waals surface area (Å²) in [6, 6.07) is 19.1. The smallest absolute Gasteiger partial charge is 0.269 e. The lowest BCUT2D eigenvalue weighted by atomic mass is 10.1. The standard InChI is InChI=1S/C24H21ClN8O2/c1-15-7-8-19(13-16(15)2)28-23-29-22(27-18-9-11-20(12-10-18)33(34)35)30-24(31-23)32-26-14-17-5-3-4-6-21(17)25/h3-14H,1-2H3,(H3,27,28,29,30,31,32). The first-order chi connectivity index (χ1) is 16.9. The number of anilines is 5. The van der Waals surface area contributed by atoms with E-state index in [0.717, 1.165) is 16.8 Å². The number of hydrogen-bond donors (Lipinski definition) is 3. The van der Waals surface area contributed by atoms with Crippen LogP contribution in [0.3, 0.4) is 0 Å². The molecule has 0 aliphatic rings. The number of halogens is 1. The Bertz CT molecular complexity index is 1390. The van der Waals surface area contributed by atoms with Crippen LogP contribution >= 0.6 is 11.6 Å². The average molecular weight is 489 g/mol. The van der Waals surface area contributed by atoms with Gasteiger partial charge < -0.3 is 10.6 Å². The molecule has 0 atom stereocenters. The highest BCUT2D eigenvalue weighted by Crippen LogP contribution is 2.22. The van der Waals surface area contributed by atoms with E-state index in [9.17, 15) is 10.1 Å². The van der Waals surface area contributed by atoms with Crippen molar-refractivity contribution in [3.63, 3.8) is 0 Å². The molecular formula is C24H21ClN8O2. The van der Waals surface area contributed by atoms with Gasteiger partial charge in [0.2, 0.25) is 17.8 Å². The second kappa shape index (κ2) is 10.6. The molecule has 0 saturated carbocycles. The van der Waals surface area contributed by atoms with Crippen LogP contribution in [0.1, 0.15) is 16.7 Å². The Kier molecular flexibility index (Phi) is 7.12. The molecule has 0 bridgehead atoms. The van der Waals surface area contributed by atoms with E-state index in [-0.39, 0.29) is 23.5 Å². The van der Waals surface area contributed by atoms with E-state index in [2.05, 4.69) is 36.1 Å². The summed E-state index contributed by atoms with van der Waals surface area (Å²) in [4.78, 5) is 23.6. The Hall–Kier alpha value is -4.57. The molecule has 0 spiro atoms. The van der Waals surface area contributed by atoms with E-state index in [0.29, 0.717) is 10.7 Å². The molecule has 1 heterocycles. The summed E-state index contributed by atoms with van der Waals surface area (Å²) in [5, 5.41) is 21.9. The largest absolute Gasteiger partial charge is 0.324 e. The lowest BCUT2D eigenvalue weighted by molar-refractivity contribution is -0.384. The molecule has 0 aliphatic carbocycles. The molecule has 0 aliphatic heterocycles. The number of nitrogens with zero attached hydrogens (tertiary/aromatic N) is 5. The van der Waals surface area contributed by atoms with Crippen LogP contribution in [0, 0.1) is 24.0 Å². The molecule has 0 saturated heterocycles. The number of hydrogen-bond acceptors (Lipinski definition) is 9. The van der Waals surface area contributed by atoms with Crippen LogP contribution in [0.2, 0.25) is 5.02 Å². The van der Waals surface area contributed by atoms with E-state index >= 15 is 0 Å². The summed E-state index contributed by atoms with van der Waals surface area (Å²) < 4.78 is 0. The predicted octanol–water partition coefficient (Wildman–Crippen LogP) is 5.98. The Labute approximate surface area is 206 Å². The normalized spacial score (nSPS) is 10.8. The number of nitrogens with one attached hydrogen (secondary N) is 3. The van der Waals surface area contributed by atoms with Gasteiger partial charge in [-0.1, -0.05) is 35.9 Å². The van der Waals surface area contributed by atoms with Crippen LogP contribution < -0.4 is 16.1 Å². The summed E-state index contributed by atoms with van der Waals surface area (Å²) in [6.07, 6.45) is 1.56. The minimum absolute atomic E-state index is 0.0143. The maximum atomic E-state index is 10.9. The van der Waals surface area contributed by atoms with Gasteiger partial charge in [-0.2, -0.15) is 20.1 Å². The molecule has 1 aromatic heterocycles. The number of nitro groups is 1. The van der Waals surface area contributed by atoms with Crippen molar-refractivity contribution >= 4 is 52.7 Å². The Morgan fingerprint density at radius 1 is 0.857 bits per heavy atom. The van der Waals surface area contributed by atoms with Crippen molar-refractivity contribution in [3.8, 4) is 0 Å². The summed E-state index contributed by atoms with van der Waals surface area (Å²) in [6.45, 7) is 4.05. The predicted molar refractivity (Wildman–Crippen MR) is 138 cm³/mol. The molecular weight excluding hydrogens is 468 g/mol. The van der Waals surface area contributed by atoms with E-state index in [4.69, 9.17) is 11.6 Å². The highest BCUT2D eigenvalue weighted by Gasteiger charge is 2.10. The quantitative estimate of drug-likeness (QED) is 0.157. The molecule has 10 nitrogen and oxygen atoms in total. The van der Waals surface area contributed by atoms with Gasteiger partial charge in [-0.3, -0.25) is 10.1 Å². The number of aryl methyl sites for hydroxylation is 2. The molecule has 35 heavy (non-hydrogen) atoms. The van der Waals surface area contributed by atoms with Crippen LogP contribution in [-0.4, -0.2) is 26.1 Å². The summed E-state index contributed by atoms with van der Waals surface area (Å²) in [7, 11) is 0. The molecule has 176 valence electrons. The van der Waals surface area contributed by atoms with E-state index in [1.54, 1.807) is 24.4 Å². The van der Waals surface area contributed by atoms with Crippen molar-refractivity contribution < 1.29 is 4.92 Å². The van der Waals surface area contributed by atoms with Gasteiger partial charge in [-0.05, 0) is 55.3 Å². The first-order valence-corrected chi connectivity index (χ1v) is 10.9. The van der Waals surface area contributed by atoms with Gasteiger partial charge in [-0.15, -0.1) is 0 Å². The molecule has 0 fully saturated rings. The number of non-ortho nitro benzene ring substituents is 1. The van der Waals surface area contributed by atoms with Gasteiger partial charge in [0.05, 0.1) is 11.1 Å². The lowest BCUT2D eigenvalue weighted by Crippen LogP contribution is -2.07. The SMILES string of the molecule is Cc1ccc(Nc2nc(NN=Cc3ccccc3Cl)nc(Nc3ccc([N+](=O)[O-])cc3)n2)cc1C. The van der Waals surface area contributed by atoms with E-state index in [1.165, 1.54) is 17.7 Å². The topological polar surface area (TPSA) is 130 Å². The van der Waals surface area contributed by atoms with Gasteiger partial charge in [-0.25, -0.2) is 5.43 Å². The van der Waals surface area contributed by atoms with Crippen LogP contribution in [0.4, 0.5) is 34.9 Å². The van der Waals surface area contributed by atoms with Crippen LogP contribution in [0.15, 0.2) is 71.8 Å². The van der Waals surface area contributed by atoms with Crippen molar-refractivity contribution in [1.29, 1.82) is 0 Å². The molecule has 4 aromatic rings. The summed E-state index contributed by atoms with van der Waals surface area (Å²) >= 11 is 6.17. The number of hydrazone groups is 1. The Morgan fingerprint density at radius 3 is 2.14 bits per heavy atom. The molecule has 11 heteroatoms. The van der Waals surface area contributed by atoms with Gasteiger partial charge in [0.15, 0.2) is 0 Å². The molecule has 0 amide bonds. The number of rotatable bonds is 8. The van der Waals surface area contributed by atoms with Crippen LogP contribution in [0.25, 0.3) is 0 Å². The fourth-order valence-corrected chi connectivity index (χ4v) is 3.21. The third-order valence-electron chi connectivity index (χ3n) is 5.01. The van der Waals surface area contributed by atoms with Crippen molar-refractivity contribution in [2.75, 3.05) is 16.1 Å². The highest BCUT2D eigenvalue weighted by molar-refractivity contribution is 6.33. The van der Waals surface area contributed by atoms with Gasteiger partial charge >= 0.3 is 0 Å². The molecule has 0 radical (unpaired) electrons. The first-order valence-electron chi connectivity index (χ1n) is 10.5. The fraction of sp³-hybridized carbons (Fsp3) is 0.0833. The van der Waals surface area contributed by atoms with E-state index < -0.39 is 4.92 Å². The maximum Gasteiger partial charge on any atom is 0.269 e. The van der Waals surface area contributed by atoms with Crippen LogP contribution in [0.5, 0.6) is 0 Å². The molecule has 4 rings (SSSR count). The minimum atomic E-state index is -0.461. The zero-order chi connectivity index (χ0) is 24.8. The number of nitro benzene ring substituents is 1. The fourth-order valence-electron chi connectivity index (χ4n) is 3.02. The molecule has 3 N–H and O–H groups in total. The number of aromatic nitrogens is 3. The van der Waals surface area contributed by atoms with Crippen molar-refractivity contribution in [2.45, 2.75) is 13.8 Å². The maximum absolute atomic E-state index is 10.9. The average Bonchev–Trinajstić information content (AvgIpc) is 2.83. The third-order valence-corrected chi connectivity index (χ3v) is 5.35. The van der Waals surface area contributed by atoms with Gasteiger partial charge in [0.25, 0.3) is 5.69 Å². The van der Waals surface area contributed by atoms with E-state index in [1.807, 2.05) is 50.2 Å². The molecule has 0 unspecified atom stereocenters. The van der Waals surface area contributed by atoms with Crippen molar-refractivity contribution in [2.24, 2.45) is 5.10 Å². The summed E-state index contributed by atoms with van der Waals surface area (Å²) in [5.74, 6) is 0.679. The zero-order valence-corrected chi connectivity index (χ0v) is 19.6. The van der Waals surface area contributed by atoms with Gasteiger partial charge in [0, 0.05) is 34.1 Å². The first kappa shape index (κ1) is 23.6. The highest BCUT2D eigenvalue weighted by atomic mass is 35.5. The molecule has 3 aromatic carbocycles. The van der Waals surface area contributed by atoms with Crippen LogP contribution in [-0.2, 0) is 0 Å². The lowest BCUT2D eigenvalue weighted by Gasteiger charge is -2.11. The van der Waals surface area contributed by atoms with Crippen molar-refractivity contribution in [1.82, 2.24) is 15.0 Å². The monoisotopic (exact) mass is 488 g/mol. The van der Waals surface area contributed by atoms with Crippen molar-refractivity contribution in [3.05, 3.63) is 98.6 Å². The minimum Gasteiger partial charge on any atom is -0.324 e. The number of benzene rings is 3. The Balaban J connectivity index is 1.60. The third kappa shape index (κ3) is 6.27. The summed E-state index contributed by atoms with van der Waals surface area (Å²) in [5.41, 5.74) is 7.19. The second-order valence-electron chi connectivity index (χ2n) is 7.55.